The maximum absolute atomic E-state index is 5.52. The zero-order chi connectivity index (χ0) is 9.80. The van der Waals surface area contributed by atoms with Gasteiger partial charge in [-0.15, -0.1) is 0 Å². The third kappa shape index (κ3) is 1.83. The summed E-state index contributed by atoms with van der Waals surface area (Å²) in [5.74, 6) is 0. The Hall–Kier alpha value is -1.60. The molecule has 1 nitrogen and oxygen atoms in total. The molecular weight excluding hydrogens is 170 g/mol. The highest BCUT2D eigenvalue weighted by molar-refractivity contribution is 5.62. The van der Waals surface area contributed by atoms with E-state index in [1.54, 1.807) is 0 Å². The number of rotatable bonds is 2. The van der Waals surface area contributed by atoms with Gasteiger partial charge in [-0.2, -0.15) is 0 Å². The van der Waals surface area contributed by atoms with E-state index in [2.05, 4.69) is 24.3 Å². The molecule has 0 bridgehead atoms. The number of benzene rings is 2. The first-order valence-electron chi connectivity index (χ1n) is 4.66. The summed E-state index contributed by atoms with van der Waals surface area (Å²) in [5, 5.41) is 0. The Morgan fingerprint density at radius 2 is 1.79 bits per heavy atom. The summed E-state index contributed by atoms with van der Waals surface area (Å²) in [4.78, 5) is 0. The van der Waals surface area contributed by atoms with Crippen LogP contribution in [0.25, 0.3) is 11.1 Å². The molecule has 0 aromatic heterocycles. The highest BCUT2D eigenvalue weighted by atomic mass is 14.5. The lowest BCUT2D eigenvalue weighted by atomic mass is 10.0. The van der Waals surface area contributed by atoms with Crippen LogP contribution in [-0.4, -0.2) is 0 Å². The molecule has 0 heterocycles. The van der Waals surface area contributed by atoms with Crippen LogP contribution in [0.15, 0.2) is 48.5 Å². The molecule has 2 aromatic carbocycles. The Morgan fingerprint density at radius 3 is 2.36 bits per heavy atom. The van der Waals surface area contributed by atoms with E-state index < -0.39 is 0 Å². The van der Waals surface area contributed by atoms with Gasteiger partial charge < -0.3 is 5.73 Å². The van der Waals surface area contributed by atoms with Gasteiger partial charge in [-0.3, -0.25) is 0 Å². The van der Waals surface area contributed by atoms with Crippen molar-refractivity contribution in [3.8, 4) is 11.1 Å². The molecule has 0 unspecified atom stereocenters. The normalized spacial score (nSPS) is 10.1. The molecule has 2 rings (SSSR count). The molecule has 0 aliphatic heterocycles. The second kappa shape index (κ2) is 4.07. The molecule has 1 radical (unpaired) electrons. The fraction of sp³-hybridized carbons (Fsp3) is 0.0769. The second-order valence-corrected chi connectivity index (χ2v) is 3.18. The van der Waals surface area contributed by atoms with Gasteiger partial charge in [0.25, 0.3) is 0 Å². The SMILES string of the molecule is NCc1c[c]c(-c2ccccc2)cc1. The summed E-state index contributed by atoms with van der Waals surface area (Å²) in [7, 11) is 0. The fourth-order valence-electron chi connectivity index (χ4n) is 1.38. The van der Waals surface area contributed by atoms with Crippen LogP contribution in [0.5, 0.6) is 0 Å². The van der Waals surface area contributed by atoms with Crippen molar-refractivity contribution in [2.45, 2.75) is 6.54 Å². The summed E-state index contributed by atoms with van der Waals surface area (Å²) < 4.78 is 0. The molecule has 0 saturated heterocycles. The quantitative estimate of drug-likeness (QED) is 0.759. The first kappa shape index (κ1) is 8.97. The van der Waals surface area contributed by atoms with Gasteiger partial charge in [0.1, 0.15) is 0 Å². The second-order valence-electron chi connectivity index (χ2n) is 3.18. The highest BCUT2D eigenvalue weighted by Gasteiger charge is 1.95. The van der Waals surface area contributed by atoms with Crippen molar-refractivity contribution >= 4 is 0 Å². The van der Waals surface area contributed by atoms with E-state index in [0.29, 0.717) is 6.54 Å². The molecule has 0 saturated carbocycles. The van der Waals surface area contributed by atoms with Crippen LogP contribution < -0.4 is 5.73 Å². The predicted octanol–water partition coefficient (Wildman–Crippen LogP) is 2.61. The van der Waals surface area contributed by atoms with Crippen molar-refractivity contribution in [3.63, 3.8) is 0 Å². The van der Waals surface area contributed by atoms with Crippen LogP contribution in [0.3, 0.4) is 0 Å². The molecular formula is C13H12N. The summed E-state index contributed by atoms with van der Waals surface area (Å²) >= 11 is 0. The van der Waals surface area contributed by atoms with Crippen molar-refractivity contribution in [3.05, 3.63) is 60.2 Å². The number of hydrogen-bond donors (Lipinski definition) is 1. The van der Waals surface area contributed by atoms with Gasteiger partial charge in [-0.05, 0) is 28.8 Å². The number of hydrogen-bond acceptors (Lipinski definition) is 1. The van der Waals surface area contributed by atoms with E-state index in [1.165, 1.54) is 5.56 Å². The highest BCUT2D eigenvalue weighted by Crippen LogP contribution is 2.18. The Morgan fingerprint density at radius 1 is 1.00 bits per heavy atom. The molecule has 2 aromatic rings. The Kier molecular flexibility index (Phi) is 2.61. The van der Waals surface area contributed by atoms with E-state index >= 15 is 0 Å². The zero-order valence-corrected chi connectivity index (χ0v) is 7.90. The monoisotopic (exact) mass is 182 g/mol. The van der Waals surface area contributed by atoms with Gasteiger partial charge >= 0.3 is 0 Å². The van der Waals surface area contributed by atoms with E-state index in [0.717, 1.165) is 11.1 Å². The van der Waals surface area contributed by atoms with Gasteiger partial charge in [0.15, 0.2) is 0 Å². The van der Waals surface area contributed by atoms with Crippen molar-refractivity contribution in [1.29, 1.82) is 0 Å². The van der Waals surface area contributed by atoms with Crippen molar-refractivity contribution in [2.75, 3.05) is 0 Å². The minimum atomic E-state index is 0.575. The van der Waals surface area contributed by atoms with E-state index in [-0.39, 0.29) is 0 Å². The van der Waals surface area contributed by atoms with E-state index in [4.69, 9.17) is 5.73 Å². The minimum absolute atomic E-state index is 0.575. The summed E-state index contributed by atoms with van der Waals surface area (Å²) in [6.07, 6.45) is 0. The first-order chi connectivity index (χ1) is 6.90. The van der Waals surface area contributed by atoms with Crippen LogP contribution in [0.2, 0.25) is 0 Å². The van der Waals surface area contributed by atoms with Crippen LogP contribution in [0, 0.1) is 6.07 Å². The minimum Gasteiger partial charge on any atom is -0.326 e. The summed E-state index contributed by atoms with van der Waals surface area (Å²) in [6.45, 7) is 0.575. The Bertz CT molecular complexity index is 389. The van der Waals surface area contributed by atoms with Crippen molar-refractivity contribution < 1.29 is 0 Å². The van der Waals surface area contributed by atoms with Crippen LogP contribution in [0.1, 0.15) is 5.56 Å². The molecule has 1 heteroatoms. The molecule has 0 fully saturated rings. The van der Waals surface area contributed by atoms with E-state index in [1.807, 2.05) is 30.3 Å². The molecule has 2 N–H and O–H groups in total. The largest absolute Gasteiger partial charge is 0.326 e. The molecule has 0 atom stereocenters. The van der Waals surface area contributed by atoms with Crippen LogP contribution in [0.4, 0.5) is 0 Å². The van der Waals surface area contributed by atoms with Gasteiger partial charge in [0.05, 0.1) is 0 Å². The summed E-state index contributed by atoms with van der Waals surface area (Å²) in [5.41, 5.74) is 8.94. The van der Waals surface area contributed by atoms with Crippen LogP contribution in [-0.2, 0) is 6.54 Å². The van der Waals surface area contributed by atoms with Gasteiger partial charge in [-0.25, -0.2) is 0 Å². The van der Waals surface area contributed by atoms with Gasteiger partial charge in [0.2, 0.25) is 0 Å². The molecule has 0 aliphatic rings. The third-order valence-corrected chi connectivity index (χ3v) is 2.20. The topological polar surface area (TPSA) is 26.0 Å². The summed E-state index contributed by atoms with van der Waals surface area (Å²) in [6, 6.07) is 19.5. The first-order valence-corrected chi connectivity index (χ1v) is 4.66. The van der Waals surface area contributed by atoms with Crippen molar-refractivity contribution in [1.82, 2.24) is 0 Å². The molecule has 69 valence electrons. The predicted molar refractivity (Wildman–Crippen MR) is 58.6 cm³/mol. The lowest BCUT2D eigenvalue weighted by Gasteiger charge is -2.01. The average molecular weight is 182 g/mol. The Labute approximate surface area is 84.2 Å². The van der Waals surface area contributed by atoms with E-state index in [9.17, 15) is 0 Å². The standard InChI is InChI=1S/C13H12N/c14-10-11-6-8-13(9-7-11)12-4-2-1-3-5-12/h1-8H,10,14H2. The number of nitrogens with two attached hydrogens (primary N) is 1. The third-order valence-electron chi connectivity index (χ3n) is 2.20. The van der Waals surface area contributed by atoms with Crippen molar-refractivity contribution in [2.24, 2.45) is 5.73 Å². The van der Waals surface area contributed by atoms with Gasteiger partial charge in [-0.1, -0.05) is 42.5 Å². The lowest BCUT2D eigenvalue weighted by molar-refractivity contribution is 1.07. The fourth-order valence-corrected chi connectivity index (χ4v) is 1.38. The molecule has 14 heavy (non-hydrogen) atoms. The Balaban J connectivity index is 2.34. The average Bonchev–Trinajstić information content (AvgIpc) is 2.30. The van der Waals surface area contributed by atoms with Crippen LogP contribution >= 0.6 is 0 Å². The zero-order valence-electron chi connectivity index (χ0n) is 7.90. The molecule has 0 amide bonds. The smallest absolute Gasteiger partial charge is 0.0178 e. The maximum atomic E-state index is 5.52. The lowest BCUT2D eigenvalue weighted by Crippen LogP contribution is -1.95. The molecule has 0 spiro atoms. The maximum Gasteiger partial charge on any atom is 0.0178 e. The molecule has 0 aliphatic carbocycles. The van der Waals surface area contributed by atoms with Gasteiger partial charge in [0, 0.05) is 6.54 Å².